The third kappa shape index (κ3) is 14.4. The number of carbonyl (C=O) groups is 1. The van der Waals surface area contributed by atoms with Gasteiger partial charge in [0.25, 0.3) is 0 Å². The van der Waals surface area contributed by atoms with Gasteiger partial charge in [-0.05, 0) is 74.6 Å². The summed E-state index contributed by atoms with van der Waals surface area (Å²) in [5, 5.41) is 11.8. The number of allylic oxidation sites excluding steroid dienone is 9. The van der Waals surface area contributed by atoms with Crippen molar-refractivity contribution in [1.29, 1.82) is 0 Å². The van der Waals surface area contributed by atoms with Gasteiger partial charge in [-0.15, -0.1) is 13.2 Å². The summed E-state index contributed by atoms with van der Waals surface area (Å²) in [7, 11) is 2.69. The standard InChI is InChI=1S/C23H35O2P.C5H11NO.C2H4/c1-7-9-11-19(10-8-2)26-22(17(3)4)20-16-23(5,6)15-14-18(20)12-13-21(24)25;1-6-2-4-7-5-3-6;1-2/h8-11,26H,2,7,12-16H2,1,3-6H3,(H,24,25);2-5H2,1H3;1-2H2/b11-9-,19-10+;;. The zero-order valence-electron chi connectivity index (χ0n) is 23.2. The van der Waals surface area contributed by atoms with Crippen LogP contribution in [0.4, 0.5) is 0 Å². The lowest BCUT2D eigenvalue weighted by Crippen LogP contribution is -2.32. The second-order valence-electron chi connectivity index (χ2n) is 9.90. The summed E-state index contributed by atoms with van der Waals surface area (Å²) >= 11 is 0. The Labute approximate surface area is 217 Å². The molecular weight excluding hydrogens is 453 g/mol. The molecule has 1 atom stereocenters. The van der Waals surface area contributed by atoms with Crippen LogP contribution in [0.25, 0.3) is 0 Å². The Kier molecular flexibility index (Phi) is 17.6. The highest BCUT2D eigenvalue weighted by Gasteiger charge is 2.29. The molecule has 1 aliphatic heterocycles. The van der Waals surface area contributed by atoms with Gasteiger partial charge in [0, 0.05) is 19.5 Å². The van der Waals surface area contributed by atoms with Gasteiger partial charge in [-0.3, -0.25) is 4.79 Å². The Balaban J connectivity index is 0.00000108. The fourth-order valence-corrected chi connectivity index (χ4v) is 5.30. The highest BCUT2D eigenvalue weighted by Crippen LogP contribution is 2.50. The number of rotatable bonds is 9. The van der Waals surface area contributed by atoms with Crippen molar-refractivity contribution in [2.75, 3.05) is 33.4 Å². The van der Waals surface area contributed by atoms with Crippen LogP contribution >= 0.6 is 8.58 Å². The predicted molar refractivity (Wildman–Crippen MR) is 155 cm³/mol. The Bertz CT molecular complexity index is 779. The summed E-state index contributed by atoms with van der Waals surface area (Å²) in [6.45, 7) is 25.0. The van der Waals surface area contributed by atoms with E-state index in [1.54, 1.807) is 0 Å². The Morgan fingerprint density at radius 1 is 1.23 bits per heavy atom. The summed E-state index contributed by atoms with van der Waals surface area (Å²) in [4.78, 5) is 13.4. The number of hydrogen-bond donors (Lipinski definition) is 1. The van der Waals surface area contributed by atoms with Gasteiger partial charge >= 0.3 is 5.97 Å². The molecule has 0 aromatic heterocycles. The molecule has 0 spiro atoms. The molecule has 2 rings (SSSR count). The van der Waals surface area contributed by atoms with E-state index in [1.807, 2.05) is 6.08 Å². The van der Waals surface area contributed by atoms with Crippen molar-refractivity contribution in [3.63, 3.8) is 0 Å². The molecule has 35 heavy (non-hydrogen) atoms. The van der Waals surface area contributed by atoms with Gasteiger partial charge in [0.2, 0.25) is 0 Å². The van der Waals surface area contributed by atoms with Crippen LogP contribution in [0.15, 0.2) is 71.4 Å². The molecule has 0 bridgehead atoms. The number of nitrogens with zero attached hydrogens (tertiary/aromatic N) is 1. The fourth-order valence-electron chi connectivity index (χ4n) is 3.94. The molecule has 0 saturated carbocycles. The van der Waals surface area contributed by atoms with Crippen molar-refractivity contribution in [2.45, 2.75) is 73.1 Å². The molecule has 0 aromatic rings. The maximum atomic E-state index is 11.1. The van der Waals surface area contributed by atoms with Crippen molar-refractivity contribution in [2.24, 2.45) is 5.41 Å². The van der Waals surface area contributed by atoms with Crippen molar-refractivity contribution in [3.05, 3.63) is 71.4 Å². The predicted octanol–water partition coefficient (Wildman–Crippen LogP) is 8.12. The molecule has 0 amide bonds. The first-order chi connectivity index (χ1) is 16.6. The van der Waals surface area contributed by atoms with Gasteiger partial charge < -0.3 is 14.7 Å². The quantitative estimate of drug-likeness (QED) is 0.196. The van der Waals surface area contributed by atoms with Crippen molar-refractivity contribution < 1.29 is 14.6 Å². The molecule has 5 heteroatoms. The van der Waals surface area contributed by atoms with Gasteiger partial charge in [-0.25, -0.2) is 0 Å². The van der Waals surface area contributed by atoms with Crippen LogP contribution in [0.3, 0.4) is 0 Å². The maximum absolute atomic E-state index is 11.1. The third-order valence-corrected chi connectivity index (χ3v) is 7.64. The van der Waals surface area contributed by atoms with Gasteiger partial charge in [-0.2, -0.15) is 0 Å². The van der Waals surface area contributed by atoms with E-state index in [0.717, 1.165) is 52.0 Å². The van der Waals surface area contributed by atoms with E-state index in [1.165, 1.54) is 27.3 Å². The van der Waals surface area contributed by atoms with Gasteiger partial charge in [0.15, 0.2) is 0 Å². The minimum Gasteiger partial charge on any atom is -0.481 e. The number of aliphatic carboxylic acids is 1. The third-order valence-electron chi connectivity index (χ3n) is 5.96. The highest BCUT2D eigenvalue weighted by atomic mass is 31.1. The summed E-state index contributed by atoms with van der Waals surface area (Å²) in [6.07, 6.45) is 13.4. The van der Waals surface area contributed by atoms with Crippen molar-refractivity contribution >= 4 is 14.6 Å². The molecule has 0 radical (unpaired) electrons. The summed E-state index contributed by atoms with van der Waals surface area (Å²) < 4.78 is 5.10. The van der Waals surface area contributed by atoms with Crippen LogP contribution in [0.5, 0.6) is 0 Å². The Morgan fingerprint density at radius 2 is 1.86 bits per heavy atom. The first-order valence-electron chi connectivity index (χ1n) is 12.7. The lowest BCUT2D eigenvalue weighted by Gasteiger charge is -2.35. The van der Waals surface area contributed by atoms with Crippen LogP contribution < -0.4 is 0 Å². The molecular formula is C30H50NO3P. The first-order valence-corrected chi connectivity index (χ1v) is 13.7. The van der Waals surface area contributed by atoms with Gasteiger partial charge in [0.05, 0.1) is 13.2 Å². The fraction of sp³-hybridized carbons (Fsp3) is 0.567. The second kappa shape index (κ2) is 18.5. The monoisotopic (exact) mass is 503 g/mol. The molecule has 1 N–H and O–H groups in total. The summed E-state index contributed by atoms with van der Waals surface area (Å²) in [5.41, 5.74) is 4.38. The maximum Gasteiger partial charge on any atom is 0.303 e. The highest BCUT2D eigenvalue weighted by molar-refractivity contribution is 7.48. The zero-order valence-corrected chi connectivity index (χ0v) is 24.2. The summed E-state index contributed by atoms with van der Waals surface area (Å²) in [5.74, 6) is -0.707. The zero-order chi connectivity index (χ0) is 26.9. The second-order valence-corrected chi connectivity index (χ2v) is 11.2. The topological polar surface area (TPSA) is 49.8 Å². The first kappa shape index (κ1) is 33.3. The number of carboxylic acids is 1. The molecule has 1 heterocycles. The SMILES string of the molecule is C=C.C=C/C=C(\C=C/CC)PC(=C(C)C)C1=C(CCC(=O)O)CCC(C)(C)C1.CN1CCOCC1. The average Bonchev–Trinajstić information content (AvgIpc) is 2.81. The number of carboxylic acid groups (broad SMARTS) is 1. The van der Waals surface area contributed by atoms with Crippen LogP contribution in [-0.4, -0.2) is 49.3 Å². The molecule has 0 aromatic carbocycles. The molecule has 4 nitrogen and oxygen atoms in total. The van der Waals surface area contributed by atoms with E-state index < -0.39 is 5.97 Å². The summed E-state index contributed by atoms with van der Waals surface area (Å²) in [6, 6.07) is 0. The number of hydrogen-bond acceptors (Lipinski definition) is 3. The molecule has 2 aliphatic rings. The molecule has 1 aliphatic carbocycles. The lowest BCUT2D eigenvalue weighted by molar-refractivity contribution is -0.136. The Morgan fingerprint density at radius 3 is 2.31 bits per heavy atom. The van der Waals surface area contributed by atoms with Gasteiger partial charge in [-0.1, -0.05) is 71.4 Å². The van der Waals surface area contributed by atoms with Crippen molar-refractivity contribution in [1.82, 2.24) is 4.90 Å². The van der Waals surface area contributed by atoms with E-state index in [0.29, 0.717) is 15.0 Å². The smallest absolute Gasteiger partial charge is 0.303 e. The van der Waals surface area contributed by atoms with E-state index in [4.69, 9.17) is 9.84 Å². The van der Waals surface area contributed by atoms with Crippen molar-refractivity contribution in [3.8, 4) is 0 Å². The normalized spacial score (nSPS) is 18.5. The van der Waals surface area contributed by atoms with Gasteiger partial charge in [0.1, 0.15) is 0 Å². The minimum atomic E-state index is -0.707. The van der Waals surface area contributed by atoms with Crippen LogP contribution in [-0.2, 0) is 9.53 Å². The number of likely N-dealkylation sites (N-methyl/N-ethyl adjacent to an activating group) is 1. The molecule has 1 fully saturated rings. The van der Waals surface area contributed by atoms with Crippen LogP contribution in [0.2, 0.25) is 0 Å². The molecule has 1 saturated heterocycles. The van der Waals surface area contributed by atoms with E-state index >= 15 is 0 Å². The molecule has 198 valence electrons. The van der Waals surface area contributed by atoms with E-state index in [2.05, 4.69) is 84.5 Å². The number of morpholine rings is 1. The van der Waals surface area contributed by atoms with Crippen LogP contribution in [0.1, 0.15) is 73.1 Å². The average molecular weight is 504 g/mol. The Hall–Kier alpha value is -1.74. The van der Waals surface area contributed by atoms with Crippen LogP contribution in [0, 0.1) is 5.41 Å². The lowest BCUT2D eigenvalue weighted by atomic mass is 9.73. The number of ether oxygens (including phenoxy) is 1. The minimum absolute atomic E-state index is 0.226. The van der Waals surface area contributed by atoms with E-state index in [9.17, 15) is 4.79 Å². The van der Waals surface area contributed by atoms with E-state index in [-0.39, 0.29) is 11.8 Å². The largest absolute Gasteiger partial charge is 0.481 e. The molecule has 1 unspecified atom stereocenters.